The van der Waals surface area contributed by atoms with E-state index in [1.54, 1.807) is 10.9 Å². The molecule has 2 heterocycles. The van der Waals surface area contributed by atoms with Gasteiger partial charge in [0.15, 0.2) is 5.69 Å². The maximum Gasteiger partial charge on any atom is 0.358 e. The zero-order valence-corrected chi connectivity index (χ0v) is 11.1. The zero-order chi connectivity index (χ0) is 14.5. The monoisotopic (exact) mass is 280 g/mol. The second-order valence-corrected chi connectivity index (χ2v) is 4.28. The molecule has 0 aliphatic carbocycles. The van der Waals surface area contributed by atoms with Gasteiger partial charge in [-0.15, -0.1) is 0 Å². The van der Waals surface area contributed by atoms with E-state index in [2.05, 4.69) is 15.1 Å². The van der Waals surface area contributed by atoms with Crippen LogP contribution < -0.4 is 0 Å². The highest BCUT2D eigenvalue weighted by molar-refractivity contribution is 5.86. The van der Waals surface area contributed by atoms with Crippen molar-refractivity contribution in [2.75, 3.05) is 0 Å². The lowest BCUT2D eigenvalue weighted by molar-refractivity contribution is 0.0465. The Morgan fingerprint density at radius 1 is 1.14 bits per heavy atom. The Balaban J connectivity index is 1.62. The predicted molar refractivity (Wildman–Crippen MR) is 74.7 cm³/mol. The molecule has 1 aromatic carbocycles. The Morgan fingerprint density at radius 3 is 2.67 bits per heavy atom. The Kier molecular flexibility index (Phi) is 3.68. The van der Waals surface area contributed by atoms with E-state index in [0.717, 1.165) is 11.3 Å². The van der Waals surface area contributed by atoms with E-state index < -0.39 is 5.97 Å². The summed E-state index contributed by atoms with van der Waals surface area (Å²) in [5, 5.41) is 4.15. The van der Waals surface area contributed by atoms with Crippen molar-refractivity contribution in [1.29, 1.82) is 0 Å². The first kappa shape index (κ1) is 13.0. The van der Waals surface area contributed by atoms with E-state index in [0.29, 0.717) is 0 Å². The standard InChI is InChI=1S/C15H12N4O2/c20-15(14-10-16-7-8-17-14)21-11-12-2-4-13(5-3-12)19-9-1-6-18-19/h1-10H,11H2. The molecule has 0 amide bonds. The van der Waals surface area contributed by atoms with E-state index in [9.17, 15) is 4.79 Å². The zero-order valence-electron chi connectivity index (χ0n) is 11.1. The van der Waals surface area contributed by atoms with E-state index >= 15 is 0 Å². The van der Waals surface area contributed by atoms with Gasteiger partial charge in [0.05, 0.1) is 11.9 Å². The number of carbonyl (C=O) groups excluding carboxylic acids is 1. The van der Waals surface area contributed by atoms with Crippen LogP contribution in [-0.2, 0) is 11.3 Å². The molecule has 0 radical (unpaired) electrons. The Bertz CT molecular complexity index is 709. The van der Waals surface area contributed by atoms with Gasteiger partial charge in [0.1, 0.15) is 6.61 Å². The molecule has 0 spiro atoms. The summed E-state index contributed by atoms with van der Waals surface area (Å²) in [6.07, 6.45) is 7.92. The predicted octanol–water partition coefficient (Wildman–Crippen LogP) is 2.02. The number of esters is 1. The summed E-state index contributed by atoms with van der Waals surface area (Å²) >= 11 is 0. The average molecular weight is 280 g/mol. The van der Waals surface area contributed by atoms with Gasteiger partial charge in [0.25, 0.3) is 0 Å². The van der Waals surface area contributed by atoms with Crippen LogP contribution in [-0.4, -0.2) is 25.7 Å². The van der Waals surface area contributed by atoms with Crippen molar-refractivity contribution in [2.45, 2.75) is 6.61 Å². The minimum absolute atomic E-state index is 0.189. The average Bonchev–Trinajstić information content (AvgIpc) is 3.08. The van der Waals surface area contributed by atoms with Crippen LogP contribution >= 0.6 is 0 Å². The Morgan fingerprint density at radius 2 is 2.00 bits per heavy atom. The van der Waals surface area contributed by atoms with Crippen LogP contribution in [0.4, 0.5) is 0 Å². The van der Waals surface area contributed by atoms with Crippen LogP contribution in [0.5, 0.6) is 0 Å². The van der Waals surface area contributed by atoms with Crippen molar-refractivity contribution in [3.8, 4) is 5.69 Å². The lowest BCUT2D eigenvalue weighted by Crippen LogP contribution is -2.07. The summed E-state index contributed by atoms with van der Waals surface area (Å²) in [4.78, 5) is 19.5. The molecule has 3 aromatic rings. The summed E-state index contributed by atoms with van der Waals surface area (Å²) < 4.78 is 6.94. The van der Waals surface area contributed by atoms with E-state index in [1.165, 1.54) is 18.6 Å². The quantitative estimate of drug-likeness (QED) is 0.684. The van der Waals surface area contributed by atoms with E-state index in [1.807, 2.05) is 36.5 Å². The van der Waals surface area contributed by atoms with Gasteiger partial charge in [-0.25, -0.2) is 14.5 Å². The molecule has 0 saturated heterocycles. The number of benzene rings is 1. The van der Waals surface area contributed by atoms with Crippen LogP contribution in [0.1, 0.15) is 16.1 Å². The number of hydrogen-bond acceptors (Lipinski definition) is 5. The van der Waals surface area contributed by atoms with Crippen molar-refractivity contribution in [3.05, 3.63) is 72.6 Å². The third-order valence-electron chi connectivity index (χ3n) is 2.85. The summed E-state index contributed by atoms with van der Waals surface area (Å²) in [7, 11) is 0. The molecule has 2 aromatic heterocycles. The first-order valence-corrected chi connectivity index (χ1v) is 6.35. The summed E-state index contributed by atoms with van der Waals surface area (Å²) in [6.45, 7) is 0.189. The van der Waals surface area contributed by atoms with Crippen LogP contribution in [0.2, 0.25) is 0 Å². The Hall–Kier alpha value is -3.02. The molecule has 0 atom stereocenters. The first-order valence-electron chi connectivity index (χ1n) is 6.35. The van der Waals surface area contributed by atoms with Gasteiger partial charge in [0.2, 0.25) is 0 Å². The van der Waals surface area contributed by atoms with Gasteiger partial charge >= 0.3 is 5.97 Å². The highest BCUT2D eigenvalue weighted by Gasteiger charge is 2.08. The van der Waals surface area contributed by atoms with Gasteiger partial charge in [-0.2, -0.15) is 5.10 Å². The largest absolute Gasteiger partial charge is 0.456 e. The summed E-state index contributed by atoms with van der Waals surface area (Å²) in [5.74, 6) is -0.487. The molecule has 6 nitrogen and oxygen atoms in total. The fourth-order valence-electron chi connectivity index (χ4n) is 1.79. The second kappa shape index (κ2) is 5.96. The number of ether oxygens (including phenoxy) is 1. The molecule has 0 fully saturated rings. The van der Waals surface area contributed by atoms with E-state index in [-0.39, 0.29) is 12.3 Å². The molecule has 0 unspecified atom stereocenters. The fourth-order valence-corrected chi connectivity index (χ4v) is 1.79. The molecule has 104 valence electrons. The minimum atomic E-state index is -0.487. The van der Waals surface area contributed by atoms with Crippen molar-refractivity contribution in [3.63, 3.8) is 0 Å². The molecular formula is C15H12N4O2. The molecule has 0 bridgehead atoms. The SMILES string of the molecule is O=C(OCc1ccc(-n2cccn2)cc1)c1cnccn1. The van der Waals surface area contributed by atoms with Crippen molar-refractivity contribution >= 4 is 5.97 Å². The summed E-state index contributed by atoms with van der Waals surface area (Å²) in [6, 6.07) is 9.47. The lowest BCUT2D eigenvalue weighted by atomic mass is 10.2. The molecule has 0 N–H and O–H groups in total. The normalized spacial score (nSPS) is 10.3. The van der Waals surface area contributed by atoms with Gasteiger partial charge in [-0.05, 0) is 23.8 Å². The third-order valence-corrected chi connectivity index (χ3v) is 2.85. The van der Waals surface area contributed by atoms with Crippen LogP contribution in [0.25, 0.3) is 5.69 Å². The highest BCUT2D eigenvalue weighted by Crippen LogP contribution is 2.10. The van der Waals surface area contributed by atoms with Crippen molar-refractivity contribution in [1.82, 2.24) is 19.7 Å². The molecule has 0 saturated carbocycles. The molecule has 3 rings (SSSR count). The number of nitrogens with zero attached hydrogens (tertiary/aromatic N) is 4. The number of carbonyl (C=O) groups is 1. The number of hydrogen-bond donors (Lipinski definition) is 0. The van der Waals surface area contributed by atoms with Crippen molar-refractivity contribution in [2.24, 2.45) is 0 Å². The third kappa shape index (κ3) is 3.11. The topological polar surface area (TPSA) is 69.9 Å². The van der Waals surface area contributed by atoms with Crippen molar-refractivity contribution < 1.29 is 9.53 Å². The number of rotatable bonds is 4. The maximum absolute atomic E-state index is 11.7. The van der Waals surface area contributed by atoms with Crippen LogP contribution in [0, 0.1) is 0 Å². The smallest absolute Gasteiger partial charge is 0.358 e. The maximum atomic E-state index is 11.7. The molecule has 21 heavy (non-hydrogen) atoms. The second-order valence-electron chi connectivity index (χ2n) is 4.28. The number of aromatic nitrogens is 4. The first-order chi connectivity index (χ1) is 10.3. The fraction of sp³-hybridized carbons (Fsp3) is 0.0667. The van der Waals surface area contributed by atoms with Crippen LogP contribution in [0.15, 0.2) is 61.3 Å². The highest BCUT2D eigenvalue weighted by atomic mass is 16.5. The molecule has 0 aliphatic heterocycles. The molecular weight excluding hydrogens is 268 g/mol. The van der Waals surface area contributed by atoms with Crippen LogP contribution in [0.3, 0.4) is 0 Å². The molecule has 0 aliphatic rings. The molecule has 6 heteroatoms. The van der Waals surface area contributed by atoms with Gasteiger partial charge in [0, 0.05) is 24.8 Å². The lowest BCUT2D eigenvalue weighted by Gasteiger charge is -2.06. The van der Waals surface area contributed by atoms with Gasteiger partial charge in [-0.3, -0.25) is 4.98 Å². The Labute approximate surface area is 121 Å². The van der Waals surface area contributed by atoms with Gasteiger partial charge < -0.3 is 4.74 Å². The summed E-state index contributed by atoms with van der Waals surface area (Å²) in [5.41, 5.74) is 2.04. The van der Waals surface area contributed by atoms with E-state index in [4.69, 9.17) is 4.74 Å². The van der Waals surface area contributed by atoms with Gasteiger partial charge in [-0.1, -0.05) is 12.1 Å². The minimum Gasteiger partial charge on any atom is -0.456 e.